The molecule has 0 fully saturated rings. The van der Waals surface area contributed by atoms with Crippen LogP contribution in [-0.2, 0) is 10.0 Å². The van der Waals surface area contributed by atoms with Crippen molar-refractivity contribution >= 4 is 44.4 Å². The van der Waals surface area contributed by atoms with Crippen molar-refractivity contribution in [1.82, 2.24) is 4.72 Å². The molecule has 1 aromatic rings. The van der Waals surface area contributed by atoms with Gasteiger partial charge in [-0.1, -0.05) is 20.8 Å². The Morgan fingerprint density at radius 3 is 2.50 bits per heavy atom. The van der Waals surface area contributed by atoms with E-state index in [1.807, 2.05) is 0 Å². The number of nitrogens with one attached hydrogen (secondary N) is 1. The van der Waals surface area contributed by atoms with Crippen molar-refractivity contribution in [2.45, 2.75) is 30.4 Å². The van der Waals surface area contributed by atoms with E-state index >= 15 is 0 Å². The molecule has 0 amide bonds. The van der Waals surface area contributed by atoms with Crippen molar-refractivity contribution in [3.05, 3.63) is 21.8 Å². The molecule has 0 aliphatic carbocycles. The van der Waals surface area contributed by atoms with E-state index in [4.69, 9.17) is 4.74 Å². The maximum Gasteiger partial charge on any atom is 0.240 e. The third-order valence-electron chi connectivity index (χ3n) is 2.36. The Bertz CT molecular complexity index is 553. The van der Waals surface area contributed by atoms with Crippen molar-refractivity contribution in [3.63, 3.8) is 0 Å². The number of thioether (sulfide) groups is 1. The lowest BCUT2D eigenvalue weighted by Gasteiger charge is -2.17. The number of hydrogen-bond acceptors (Lipinski definition) is 4. The van der Waals surface area contributed by atoms with Gasteiger partial charge < -0.3 is 4.74 Å². The second-order valence-electron chi connectivity index (χ2n) is 5.15. The molecule has 20 heavy (non-hydrogen) atoms. The molecule has 0 radical (unpaired) electrons. The quantitative estimate of drug-likeness (QED) is 0.558. The first kappa shape index (κ1) is 18.1. The Hall–Kier alpha value is 0.01000. The van der Waals surface area contributed by atoms with E-state index in [2.05, 4.69) is 48.1 Å². The van der Waals surface area contributed by atoms with Crippen LogP contribution in [0.3, 0.4) is 0 Å². The summed E-state index contributed by atoms with van der Waals surface area (Å²) in [4.78, 5) is 0.267. The molecule has 1 rings (SSSR count). The summed E-state index contributed by atoms with van der Waals surface area (Å²) in [5.74, 6) is 1.42. The molecule has 0 bridgehead atoms. The van der Waals surface area contributed by atoms with E-state index in [9.17, 15) is 8.42 Å². The Labute approximate surface area is 139 Å². The van der Waals surface area contributed by atoms with Crippen LogP contribution in [-0.4, -0.2) is 32.6 Å². The van der Waals surface area contributed by atoms with Crippen LogP contribution < -0.4 is 9.46 Å². The topological polar surface area (TPSA) is 55.4 Å². The Kier molecular flexibility index (Phi) is 6.62. The van der Waals surface area contributed by atoms with Crippen molar-refractivity contribution in [3.8, 4) is 5.75 Å². The zero-order valence-electron chi connectivity index (χ0n) is 12.1. The first-order valence-corrected chi connectivity index (χ1v) is 9.67. The van der Waals surface area contributed by atoms with Gasteiger partial charge in [-0.15, -0.1) is 0 Å². The van der Waals surface area contributed by atoms with Gasteiger partial charge >= 0.3 is 0 Å². The molecule has 0 unspecified atom stereocenters. The van der Waals surface area contributed by atoms with E-state index in [-0.39, 0.29) is 9.64 Å². The molecule has 0 saturated carbocycles. The standard InChI is InChI=1S/C13H20INO3S2/c1-13(2,3)19-8-7-15-20(16,17)10-5-6-12(18-4)11(14)9-10/h5-6,9,15H,7-8H2,1-4H3. The normalized spacial score (nSPS) is 12.4. The molecule has 1 N–H and O–H groups in total. The number of methoxy groups -OCH3 is 1. The second-order valence-corrected chi connectivity index (χ2v) is 10.0. The van der Waals surface area contributed by atoms with Gasteiger partial charge in [-0.05, 0) is 40.8 Å². The number of halogens is 1. The fraction of sp³-hybridized carbons (Fsp3) is 0.538. The minimum absolute atomic E-state index is 0.140. The summed E-state index contributed by atoms with van der Waals surface area (Å²) in [6.45, 7) is 6.75. The monoisotopic (exact) mass is 429 g/mol. The Morgan fingerprint density at radius 2 is 2.00 bits per heavy atom. The Morgan fingerprint density at radius 1 is 1.35 bits per heavy atom. The van der Waals surface area contributed by atoms with Gasteiger partial charge in [0.15, 0.2) is 0 Å². The predicted molar refractivity (Wildman–Crippen MR) is 93.1 cm³/mol. The summed E-state index contributed by atoms with van der Waals surface area (Å²) in [5.41, 5.74) is 0. The summed E-state index contributed by atoms with van der Waals surface area (Å²) in [6.07, 6.45) is 0. The zero-order valence-corrected chi connectivity index (χ0v) is 15.9. The van der Waals surface area contributed by atoms with Crippen LogP contribution in [0.2, 0.25) is 0 Å². The summed E-state index contributed by atoms with van der Waals surface area (Å²) in [5, 5.41) is 0. The molecule has 0 aliphatic heterocycles. The van der Waals surface area contributed by atoms with Gasteiger partial charge in [-0.2, -0.15) is 11.8 Å². The number of rotatable bonds is 6. The van der Waals surface area contributed by atoms with Crippen LogP contribution in [0.1, 0.15) is 20.8 Å². The lowest BCUT2D eigenvalue weighted by atomic mass is 10.3. The first-order valence-electron chi connectivity index (χ1n) is 6.13. The minimum atomic E-state index is -3.45. The van der Waals surface area contributed by atoms with E-state index in [0.29, 0.717) is 12.3 Å². The summed E-state index contributed by atoms with van der Waals surface area (Å²) in [6, 6.07) is 4.83. The number of hydrogen-bond donors (Lipinski definition) is 1. The maximum atomic E-state index is 12.1. The summed E-state index contributed by atoms with van der Waals surface area (Å²) in [7, 11) is -1.89. The van der Waals surface area contributed by atoms with Crippen LogP contribution in [0, 0.1) is 3.57 Å². The van der Waals surface area contributed by atoms with Crippen molar-refractivity contribution in [1.29, 1.82) is 0 Å². The van der Waals surface area contributed by atoms with E-state index < -0.39 is 10.0 Å². The predicted octanol–water partition coefficient (Wildman–Crippen LogP) is 3.11. The van der Waals surface area contributed by atoms with Crippen molar-refractivity contribution in [2.24, 2.45) is 0 Å². The molecule has 0 saturated heterocycles. The van der Waals surface area contributed by atoms with E-state index in [1.165, 1.54) is 0 Å². The highest BCUT2D eigenvalue weighted by Crippen LogP contribution is 2.24. The molecule has 0 aromatic heterocycles. The minimum Gasteiger partial charge on any atom is -0.496 e. The maximum absolute atomic E-state index is 12.1. The molecule has 7 heteroatoms. The third-order valence-corrected chi connectivity index (χ3v) is 5.94. The van der Waals surface area contributed by atoms with Crippen LogP contribution in [0.5, 0.6) is 5.75 Å². The second kappa shape index (κ2) is 7.33. The molecule has 0 spiro atoms. The van der Waals surface area contributed by atoms with Gasteiger partial charge in [0.05, 0.1) is 15.6 Å². The third kappa shape index (κ3) is 5.79. The van der Waals surface area contributed by atoms with Crippen LogP contribution in [0.4, 0.5) is 0 Å². The number of ether oxygens (including phenoxy) is 1. The number of sulfonamides is 1. The number of benzene rings is 1. The summed E-state index contributed by atoms with van der Waals surface area (Å²) >= 11 is 3.79. The zero-order chi connectivity index (χ0) is 15.4. The molecule has 0 heterocycles. The fourth-order valence-electron chi connectivity index (χ4n) is 1.43. The molecule has 0 atom stereocenters. The van der Waals surface area contributed by atoms with Crippen LogP contribution >= 0.6 is 34.4 Å². The van der Waals surface area contributed by atoms with Gasteiger partial charge in [-0.25, -0.2) is 13.1 Å². The highest BCUT2D eigenvalue weighted by atomic mass is 127. The highest BCUT2D eigenvalue weighted by Gasteiger charge is 2.16. The van der Waals surface area contributed by atoms with Gasteiger partial charge in [0.1, 0.15) is 5.75 Å². The molecule has 114 valence electrons. The van der Waals surface area contributed by atoms with Gasteiger partial charge in [0, 0.05) is 17.0 Å². The highest BCUT2D eigenvalue weighted by molar-refractivity contribution is 14.1. The fourth-order valence-corrected chi connectivity index (χ4v) is 4.38. The molecular weight excluding hydrogens is 409 g/mol. The van der Waals surface area contributed by atoms with E-state index in [0.717, 1.165) is 9.32 Å². The largest absolute Gasteiger partial charge is 0.496 e. The van der Waals surface area contributed by atoms with Gasteiger partial charge in [0.2, 0.25) is 10.0 Å². The van der Waals surface area contributed by atoms with Crippen molar-refractivity contribution < 1.29 is 13.2 Å². The van der Waals surface area contributed by atoms with Gasteiger partial charge in [-0.3, -0.25) is 0 Å². The first-order chi connectivity index (χ1) is 9.15. The van der Waals surface area contributed by atoms with Gasteiger partial charge in [0.25, 0.3) is 0 Å². The van der Waals surface area contributed by atoms with Crippen molar-refractivity contribution in [2.75, 3.05) is 19.4 Å². The lowest BCUT2D eigenvalue weighted by molar-refractivity contribution is 0.411. The smallest absolute Gasteiger partial charge is 0.240 e. The molecule has 0 aliphatic rings. The molecular formula is C13H20INO3S2. The van der Waals surface area contributed by atoms with E-state index in [1.54, 1.807) is 37.1 Å². The summed E-state index contributed by atoms with van der Waals surface area (Å²) < 4.78 is 32.9. The molecule has 4 nitrogen and oxygen atoms in total. The average molecular weight is 429 g/mol. The SMILES string of the molecule is COc1ccc(S(=O)(=O)NCCSC(C)(C)C)cc1I. The van der Waals surface area contributed by atoms with Crippen LogP contribution in [0.15, 0.2) is 23.1 Å². The molecule has 1 aromatic carbocycles. The van der Waals surface area contributed by atoms with Crippen LogP contribution in [0.25, 0.3) is 0 Å². The lowest BCUT2D eigenvalue weighted by Crippen LogP contribution is -2.27. The Balaban J connectivity index is 2.67. The average Bonchev–Trinajstić information content (AvgIpc) is 2.33.